The van der Waals surface area contributed by atoms with Gasteiger partial charge in [-0.3, -0.25) is 0 Å². The molecule has 0 radical (unpaired) electrons. The first-order valence-electron chi connectivity index (χ1n) is 14.9. The van der Waals surface area contributed by atoms with Gasteiger partial charge >= 0.3 is 31.6 Å². The predicted molar refractivity (Wildman–Crippen MR) is 192 cm³/mol. The third-order valence-corrected chi connectivity index (χ3v) is 5.24. The van der Waals surface area contributed by atoms with Crippen LogP contribution < -0.4 is 0 Å². The van der Waals surface area contributed by atoms with E-state index in [1.165, 1.54) is 38.0 Å². The van der Waals surface area contributed by atoms with Crippen LogP contribution in [0.5, 0.6) is 0 Å². The largest absolute Gasteiger partial charge is 2.00 e. The average molecular weight is 1020 g/mol. The third-order valence-electron chi connectivity index (χ3n) is 4.23. The molecule has 59 heavy (non-hydrogen) atoms. The van der Waals surface area contributed by atoms with Gasteiger partial charge in [-0.2, -0.15) is 0 Å². The fourth-order valence-corrected chi connectivity index (χ4v) is 3.25. The smallest absolute Gasteiger partial charge is 0.418 e. The first-order chi connectivity index (χ1) is 27.6. The normalized spacial score (nSPS) is 9.86. The molecule has 0 bridgehead atoms. The van der Waals surface area contributed by atoms with Crippen LogP contribution in [-0.4, -0.2) is 171 Å². The molecule has 0 atom stereocenters. The van der Waals surface area contributed by atoms with Crippen molar-refractivity contribution in [2.75, 3.05) is 35.3 Å². The van der Waals surface area contributed by atoms with E-state index in [4.69, 9.17) is 69.6 Å². The fraction of sp³-hybridized carbons (Fsp3) is 0.667. The Kier molecular flexibility index (Phi) is 40.1. The van der Waals surface area contributed by atoms with Crippen LogP contribution in [0.3, 0.4) is 0 Å². The summed E-state index contributed by atoms with van der Waals surface area (Å²) in [7, 11) is -12.0. The molecule has 0 aromatic carbocycles. The van der Waals surface area contributed by atoms with Gasteiger partial charge in [0.25, 0.3) is 0 Å². The maximum Gasteiger partial charge on any atom is 2.00 e. The molecule has 41 heteroatoms. The van der Waals surface area contributed by atoms with E-state index >= 15 is 0 Å². The molecule has 6 rings (SSSR count). The Bertz CT molecular complexity index is 1310. The van der Waals surface area contributed by atoms with E-state index < -0.39 is 14.5 Å². The second-order valence-electron chi connectivity index (χ2n) is 8.56. The molecule has 0 unspecified atom stereocenters. The maximum atomic E-state index is 9.75. The minimum absolute atomic E-state index is 0. The van der Waals surface area contributed by atoms with Gasteiger partial charge in [0.15, 0.2) is 0 Å². The Morgan fingerprint density at radius 1 is 0.305 bits per heavy atom. The van der Waals surface area contributed by atoms with Crippen molar-refractivity contribution in [1.29, 1.82) is 0 Å². The Morgan fingerprint density at radius 3 is 0.492 bits per heavy atom. The molecule has 6 heterocycles. The van der Waals surface area contributed by atoms with E-state index in [0.29, 0.717) is 74.5 Å². The molecule has 0 spiro atoms. The first-order valence-corrected chi connectivity index (χ1v) is 18.2. The van der Waals surface area contributed by atoms with E-state index in [1.807, 2.05) is 0 Å². The number of tetrazole rings is 6. The van der Waals surface area contributed by atoms with Gasteiger partial charge < -0.3 is 34.5 Å². The minimum Gasteiger partial charge on any atom is -0.418 e. The van der Waals surface area contributed by atoms with E-state index in [0.717, 1.165) is 0 Å². The molecule has 0 saturated carbocycles. The summed E-state index contributed by atoms with van der Waals surface area (Å²) in [6.07, 6.45) is 9.18. The number of aryl methyl sites for hydroxylation is 6. The molecule has 0 N–H and O–H groups in total. The van der Waals surface area contributed by atoms with Gasteiger partial charge in [0.05, 0.1) is 39.3 Å². The zero-order valence-corrected chi connectivity index (χ0v) is 35.1. The van der Waals surface area contributed by atoms with Crippen molar-refractivity contribution in [2.45, 2.75) is 39.3 Å². The molecule has 0 aliphatic carbocycles. The van der Waals surface area contributed by atoms with Gasteiger partial charge in [0.2, 0.25) is 0 Å². The number of hydrogen-bond acceptors (Lipinski definition) is 18. The van der Waals surface area contributed by atoms with E-state index in [2.05, 4.69) is 93.2 Å². The van der Waals surface area contributed by atoms with Gasteiger partial charge in [-0.25, -0.2) is 28.1 Å². The zero-order chi connectivity index (χ0) is 43.9. The average Bonchev–Trinajstić information content (AvgIpc) is 3.98. The third kappa shape index (κ3) is 46.8. The van der Waals surface area contributed by atoms with Gasteiger partial charge in [0, 0.05) is 35.3 Å². The molecule has 24 nitrogen and oxygen atoms in total. The molecule has 0 fully saturated rings. The summed E-state index contributed by atoms with van der Waals surface area (Å²) >= 11 is 32.3. The number of aromatic nitrogens is 24. The quantitative estimate of drug-likeness (QED) is 0.0965. The van der Waals surface area contributed by atoms with Crippen molar-refractivity contribution in [2.24, 2.45) is 0 Å². The Balaban J connectivity index is -0.000000610. The summed E-state index contributed by atoms with van der Waals surface area (Å²) in [5.74, 6) is 3.28. The van der Waals surface area contributed by atoms with Crippen LogP contribution in [-0.2, 0) is 56.3 Å². The second-order valence-corrected chi connectivity index (χ2v) is 10.8. The number of halogens is 14. The molecule has 0 amide bonds. The van der Waals surface area contributed by atoms with Crippen LogP contribution >= 0.6 is 69.6 Å². The molecule has 0 aliphatic heterocycles. The van der Waals surface area contributed by atoms with Crippen molar-refractivity contribution in [1.82, 2.24) is 121 Å². The van der Waals surface area contributed by atoms with Crippen molar-refractivity contribution in [3.05, 3.63) is 38.0 Å². The van der Waals surface area contributed by atoms with Gasteiger partial charge in [-0.15, -0.1) is 100 Å². The summed E-state index contributed by atoms with van der Waals surface area (Å²) in [5, 5.41) is 62.4. The molecular weight excluding hydrogens is 995 g/mol. The van der Waals surface area contributed by atoms with Crippen LogP contribution in [0, 0.1) is 0 Å². The summed E-state index contributed by atoms with van der Waals surface area (Å²) in [6.45, 7) is 4.05. The topological polar surface area (TPSA) is 262 Å². The SMILES string of the molecule is ClCCn1cnnn1.ClCCn1cnnn1.ClCCn1cnnn1.ClCCn1cnnn1.ClCCn1cnnn1.ClCCn1cnnn1.F[B-](F)(F)F.F[B-](F)(F)F.[Fe+2]. The van der Waals surface area contributed by atoms with E-state index in [9.17, 15) is 34.5 Å². The predicted octanol–water partition coefficient (Wildman–Crippen LogP) is 2.07. The Hall–Kier alpha value is -3.75. The molecular formula is C18H30B2Cl6F8FeN24. The number of alkyl halides is 6. The second kappa shape index (κ2) is 39.7. The van der Waals surface area contributed by atoms with Crippen LogP contribution in [0.15, 0.2) is 38.0 Å². The van der Waals surface area contributed by atoms with Crippen molar-refractivity contribution in [3.63, 3.8) is 0 Å². The van der Waals surface area contributed by atoms with E-state index in [1.54, 1.807) is 28.1 Å². The van der Waals surface area contributed by atoms with Crippen LogP contribution in [0.1, 0.15) is 0 Å². The van der Waals surface area contributed by atoms with Crippen molar-refractivity contribution >= 4 is 84.1 Å². The monoisotopic (exact) mass is 1020 g/mol. The standard InChI is InChI=1S/6C3H5ClN4.2BF4.Fe/c6*4-1-2-8-3-5-6-7-8;2*2-1(3,4)5;/h6*3H,1-2H2;;;/q;;;;;;2*-1;+2. The van der Waals surface area contributed by atoms with Crippen LogP contribution in [0.25, 0.3) is 0 Å². The maximum absolute atomic E-state index is 9.75. The molecule has 0 saturated heterocycles. The van der Waals surface area contributed by atoms with Gasteiger partial charge in [-0.1, -0.05) is 0 Å². The fourth-order valence-electron chi connectivity index (χ4n) is 2.22. The number of hydrogen-bond donors (Lipinski definition) is 0. The molecule has 6 aromatic rings. The molecule has 6 aromatic heterocycles. The van der Waals surface area contributed by atoms with Gasteiger partial charge in [0.1, 0.15) is 38.0 Å². The van der Waals surface area contributed by atoms with E-state index in [-0.39, 0.29) is 17.1 Å². The Labute approximate surface area is 367 Å². The number of nitrogens with zero attached hydrogens (tertiary/aromatic N) is 24. The van der Waals surface area contributed by atoms with Crippen LogP contribution in [0.2, 0.25) is 0 Å². The summed E-state index contributed by atoms with van der Waals surface area (Å²) in [6, 6.07) is 0. The Morgan fingerprint density at radius 2 is 0.424 bits per heavy atom. The molecule has 0 aliphatic rings. The van der Waals surface area contributed by atoms with Crippen molar-refractivity contribution < 1.29 is 51.6 Å². The summed E-state index contributed by atoms with van der Waals surface area (Å²) in [5.41, 5.74) is 0. The first kappa shape index (κ1) is 59.6. The minimum atomic E-state index is -6.00. The van der Waals surface area contributed by atoms with Gasteiger partial charge in [-0.05, 0) is 62.6 Å². The summed E-state index contributed by atoms with van der Waals surface area (Å²) < 4.78 is 87.5. The number of rotatable bonds is 12. The van der Waals surface area contributed by atoms with Crippen LogP contribution in [0.4, 0.5) is 34.5 Å². The van der Waals surface area contributed by atoms with Crippen molar-refractivity contribution in [3.8, 4) is 0 Å². The molecule has 334 valence electrons. The summed E-state index contributed by atoms with van der Waals surface area (Å²) in [4.78, 5) is 0. The zero-order valence-electron chi connectivity index (χ0n) is 29.5.